The lowest BCUT2D eigenvalue weighted by atomic mass is 9.83. The topological polar surface area (TPSA) is 40.5 Å². The van der Waals surface area contributed by atoms with E-state index in [0.717, 1.165) is 31.3 Å². The molecule has 0 bridgehead atoms. The Morgan fingerprint density at radius 2 is 2.18 bits per heavy atom. The fraction of sp³-hybridized carbons (Fsp3) is 0.733. The van der Waals surface area contributed by atoms with Gasteiger partial charge < -0.3 is 10.2 Å². The molecule has 0 aromatic carbocycles. The van der Waals surface area contributed by atoms with Crippen molar-refractivity contribution in [1.29, 1.82) is 0 Å². The highest BCUT2D eigenvalue weighted by Gasteiger charge is 2.41. The van der Waals surface area contributed by atoms with Crippen LogP contribution in [0.25, 0.3) is 0 Å². The first-order valence-electron chi connectivity index (χ1n) is 6.55. The third-order valence-corrected chi connectivity index (χ3v) is 4.28. The highest BCUT2D eigenvalue weighted by Crippen LogP contribution is 2.43. The zero-order chi connectivity index (χ0) is 13.1. The Bertz CT molecular complexity index is 302. The molecule has 0 aromatic rings. The average Bonchev–Trinajstić information content (AvgIpc) is 2.54. The summed E-state index contributed by atoms with van der Waals surface area (Å²) in [7, 11) is 0. The molecule has 17 heavy (non-hydrogen) atoms. The lowest BCUT2D eigenvalue weighted by Crippen LogP contribution is -2.29. The maximum Gasteiger partial charge on any atom is 0.0651 e. The lowest BCUT2D eigenvalue weighted by Gasteiger charge is -2.26. The molecule has 0 aromatic heterocycles. The number of hydrogen-bond donors (Lipinski definition) is 2. The smallest absolute Gasteiger partial charge is 0.0651 e. The molecule has 0 saturated heterocycles. The fourth-order valence-electron chi connectivity index (χ4n) is 2.67. The molecule has 98 valence electrons. The van der Waals surface area contributed by atoms with E-state index in [0.29, 0.717) is 11.8 Å². The van der Waals surface area contributed by atoms with Gasteiger partial charge in [-0.15, -0.1) is 0 Å². The molecule has 1 fully saturated rings. The molecule has 1 aliphatic rings. The zero-order valence-corrected chi connectivity index (χ0v) is 11.4. The molecule has 3 atom stereocenters. The minimum Gasteiger partial charge on any atom is -0.392 e. The van der Waals surface area contributed by atoms with Crippen molar-refractivity contribution in [3.05, 3.63) is 23.8 Å². The van der Waals surface area contributed by atoms with Crippen molar-refractivity contribution in [3.63, 3.8) is 0 Å². The van der Waals surface area contributed by atoms with Gasteiger partial charge in [-0.2, -0.15) is 0 Å². The highest BCUT2D eigenvalue weighted by atomic mass is 16.3. The molecule has 1 rings (SSSR count). The van der Waals surface area contributed by atoms with Gasteiger partial charge in [-0.05, 0) is 51.4 Å². The van der Waals surface area contributed by atoms with Crippen LogP contribution in [-0.4, -0.2) is 22.4 Å². The van der Waals surface area contributed by atoms with Gasteiger partial charge in [0.05, 0.1) is 12.2 Å². The molecule has 2 N–H and O–H groups in total. The Morgan fingerprint density at radius 1 is 1.53 bits per heavy atom. The van der Waals surface area contributed by atoms with E-state index in [1.54, 1.807) is 0 Å². The first-order chi connectivity index (χ1) is 7.88. The van der Waals surface area contributed by atoms with E-state index in [1.807, 2.05) is 13.8 Å². The third-order valence-electron chi connectivity index (χ3n) is 4.28. The normalized spacial score (nSPS) is 34.1. The van der Waals surface area contributed by atoms with E-state index in [4.69, 9.17) is 5.11 Å². The van der Waals surface area contributed by atoms with Gasteiger partial charge in [0.1, 0.15) is 0 Å². The van der Waals surface area contributed by atoms with E-state index in [2.05, 4.69) is 19.6 Å². The van der Waals surface area contributed by atoms with Gasteiger partial charge in [0, 0.05) is 0 Å². The Hall–Kier alpha value is -0.600. The largest absolute Gasteiger partial charge is 0.392 e. The van der Waals surface area contributed by atoms with Crippen LogP contribution in [-0.2, 0) is 0 Å². The van der Waals surface area contributed by atoms with Crippen LogP contribution in [0.15, 0.2) is 23.8 Å². The van der Waals surface area contributed by atoms with E-state index < -0.39 is 5.60 Å². The summed E-state index contributed by atoms with van der Waals surface area (Å²) in [6.07, 6.45) is 5.90. The molecule has 0 spiro atoms. The van der Waals surface area contributed by atoms with Crippen molar-refractivity contribution in [3.8, 4) is 0 Å². The molecule has 0 amide bonds. The van der Waals surface area contributed by atoms with Gasteiger partial charge in [0.15, 0.2) is 0 Å². The average molecular weight is 238 g/mol. The molecule has 1 aliphatic carbocycles. The fourth-order valence-corrected chi connectivity index (χ4v) is 2.67. The summed E-state index contributed by atoms with van der Waals surface area (Å²) in [6.45, 7) is 10.3. The standard InChI is InChI=1S/C15H26O2/c1-11(10-16)6-5-7-12(2)14-8-9-15(4,17)13(14)3/h6,13-14,16-17H,2,5,7-10H2,1,3-4H3/b11-6+/t13-,14-,15+/m1/s1. The summed E-state index contributed by atoms with van der Waals surface area (Å²) in [6, 6.07) is 0. The quantitative estimate of drug-likeness (QED) is 0.723. The maximum atomic E-state index is 10.1. The van der Waals surface area contributed by atoms with Crippen LogP contribution in [0, 0.1) is 11.8 Å². The lowest BCUT2D eigenvalue weighted by molar-refractivity contribution is 0.0214. The van der Waals surface area contributed by atoms with Gasteiger partial charge >= 0.3 is 0 Å². The molecule has 0 heterocycles. The van der Waals surface area contributed by atoms with Crippen LogP contribution in [0.5, 0.6) is 0 Å². The predicted octanol–water partition coefficient (Wildman–Crippen LogP) is 3.06. The third kappa shape index (κ3) is 3.68. The van der Waals surface area contributed by atoms with E-state index >= 15 is 0 Å². The van der Waals surface area contributed by atoms with Crippen LogP contribution in [0.3, 0.4) is 0 Å². The number of aliphatic hydroxyl groups is 2. The van der Waals surface area contributed by atoms with Crippen LogP contribution in [0.1, 0.15) is 46.5 Å². The minimum atomic E-state index is -0.523. The molecular weight excluding hydrogens is 212 g/mol. The second-order valence-corrected chi connectivity index (χ2v) is 5.70. The first-order valence-corrected chi connectivity index (χ1v) is 6.55. The molecular formula is C15H26O2. The predicted molar refractivity (Wildman–Crippen MR) is 71.7 cm³/mol. The maximum absolute atomic E-state index is 10.1. The number of aliphatic hydroxyl groups excluding tert-OH is 1. The Labute approximate surface area is 105 Å². The van der Waals surface area contributed by atoms with Crippen LogP contribution < -0.4 is 0 Å². The summed E-state index contributed by atoms with van der Waals surface area (Å²) in [5.41, 5.74) is 1.74. The van der Waals surface area contributed by atoms with Crippen molar-refractivity contribution in [1.82, 2.24) is 0 Å². The number of allylic oxidation sites excluding steroid dienone is 2. The van der Waals surface area contributed by atoms with Crippen LogP contribution in [0.4, 0.5) is 0 Å². The van der Waals surface area contributed by atoms with Gasteiger partial charge in [0.2, 0.25) is 0 Å². The van der Waals surface area contributed by atoms with Gasteiger partial charge in [-0.1, -0.05) is 30.7 Å². The van der Waals surface area contributed by atoms with Crippen molar-refractivity contribution < 1.29 is 10.2 Å². The van der Waals surface area contributed by atoms with Gasteiger partial charge in [-0.3, -0.25) is 0 Å². The molecule has 0 radical (unpaired) electrons. The molecule has 2 heteroatoms. The molecule has 0 unspecified atom stereocenters. The van der Waals surface area contributed by atoms with Crippen LogP contribution in [0.2, 0.25) is 0 Å². The summed E-state index contributed by atoms with van der Waals surface area (Å²) in [5, 5.41) is 19.0. The summed E-state index contributed by atoms with van der Waals surface area (Å²) >= 11 is 0. The second-order valence-electron chi connectivity index (χ2n) is 5.70. The Morgan fingerprint density at radius 3 is 2.65 bits per heavy atom. The van der Waals surface area contributed by atoms with Gasteiger partial charge in [0.25, 0.3) is 0 Å². The molecule has 0 aliphatic heterocycles. The molecule has 1 saturated carbocycles. The summed E-state index contributed by atoms with van der Waals surface area (Å²) in [4.78, 5) is 0. The zero-order valence-electron chi connectivity index (χ0n) is 11.4. The van der Waals surface area contributed by atoms with Crippen LogP contribution >= 0.6 is 0 Å². The number of rotatable bonds is 5. The monoisotopic (exact) mass is 238 g/mol. The second kappa shape index (κ2) is 5.83. The highest BCUT2D eigenvalue weighted by molar-refractivity contribution is 5.11. The molecule has 2 nitrogen and oxygen atoms in total. The SMILES string of the molecule is C=C(CC/C=C(\C)CO)[C@H]1CC[C@](C)(O)[C@@H]1C. The van der Waals surface area contributed by atoms with E-state index in [-0.39, 0.29) is 6.61 Å². The van der Waals surface area contributed by atoms with E-state index in [9.17, 15) is 5.11 Å². The summed E-state index contributed by atoms with van der Waals surface area (Å²) < 4.78 is 0. The minimum absolute atomic E-state index is 0.140. The van der Waals surface area contributed by atoms with Crippen molar-refractivity contribution in [2.24, 2.45) is 11.8 Å². The van der Waals surface area contributed by atoms with E-state index in [1.165, 1.54) is 5.57 Å². The van der Waals surface area contributed by atoms with Crippen molar-refractivity contribution in [2.75, 3.05) is 6.61 Å². The Kier molecular flexibility index (Phi) is 4.96. The van der Waals surface area contributed by atoms with Crippen molar-refractivity contribution in [2.45, 2.75) is 52.1 Å². The summed E-state index contributed by atoms with van der Waals surface area (Å²) in [5.74, 6) is 0.755. The Balaban J connectivity index is 2.45. The van der Waals surface area contributed by atoms with Gasteiger partial charge in [-0.25, -0.2) is 0 Å². The first kappa shape index (κ1) is 14.5. The van der Waals surface area contributed by atoms with Crippen molar-refractivity contribution >= 4 is 0 Å². The number of hydrogen-bond acceptors (Lipinski definition) is 2.